The first-order valence-corrected chi connectivity index (χ1v) is 4.38. The van der Waals surface area contributed by atoms with Gasteiger partial charge in [0.05, 0.1) is 7.11 Å². The van der Waals surface area contributed by atoms with Gasteiger partial charge in [0.2, 0.25) is 0 Å². The lowest BCUT2D eigenvalue weighted by molar-refractivity contribution is 0.397. The lowest BCUT2D eigenvalue weighted by Crippen LogP contribution is -1.86. The number of hydrogen-bond acceptors (Lipinski definition) is 3. The Hall–Kier alpha value is -1.77. The molecule has 0 amide bonds. The van der Waals surface area contributed by atoms with Crippen LogP contribution < -0.4 is 4.74 Å². The van der Waals surface area contributed by atoms with Crippen molar-refractivity contribution < 1.29 is 9.26 Å². The quantitative estimate of drug-likeness (QED) is 0.728. The van der Waals surface area contributed by atoms with Gasteiger partial charge in [-0.2, -0.15) is 0 Å². The van der Waals surface area contributed by atoms with Gasteiger partial charge in [0.25, 0.3) is 0 Å². The van der Waals surface area contributed by atoms with Crippen molar-refractivity contribution in [2.45, 2.75) is 6.92 Å². The minimum absolute atomic E-state index is 0.797. The SMILES string of the molecule is COc1ccccc1-c1cc(C)on1. The van der Waals surface area contributed by atoms with Gasteiger partial charge in [-0.25, -0.2) is 0 Å². The zero-order chi connectivity index (χ0) is 9.97. The molecule has 0 radical (unpaired) electrons. The van der Waals surface area contributed by atoms with Gasteiger partial charge in [-0.3, -0.25) is 0 Å². The molecule has 0 unspecified atom stereocenters. The van der Waals surface area contributed by atoms with Crippen LogP contribution in [-0.2, 0) is 0 Å². The molecule has 2 aromatic rings. The van der Waals surface area contributed by atoms with Gasteiger partial charge < -0.3 is 9.26 Å². The van der Waals surface area contributed by atoms with E-state index in [4.69, 9.17) is 9.26 Å². The second kappa shape index (κ2) is 3.54. The smallest absolute Gasteiger partial charge is 0.134 e. The van der Waals surface area contributed by atoms with E-state index in [1.54, 1.807) is 7.11 Å². The molecule has 0 saturated carbocycles. The number of methoxy groups -OCH3 is 1. The number of aromatic nitrogens is 1. The van der Waals surface area contributed by atoms with E-state index in [-0.39, 0.29) is 0 Å². The molecule has 0 aliphatic carbocycles. The van der Waals surface area contributed by atoms with Crippen molar-refractivity contribution >= 4 is 0 Å². The zero-order valence-electron chi connectivity index (χ0n) is 8.15. The summed E-state index contributed by atoms with van der Waals surface area (Å²) in [5, 5.41) is 3.94. The molecular weight excluding hydrogens is 178 g/mol. The molecule has 14 heavy (non-hydrogen) atoms. The molecule has 0 aliphatic rings. The van der Waals surface area contributed by atoms with Gasteiger partial charge in [0.15, 0.2) is 0 Å². The first-order chi connectivity index (χ1) is 6.81. The molecule has 0 saturated heterocycles. The van der Waals surface area contributed by atoms with E-state index in [0.717, 1.165) is 22.8 Å². The third-order valence-electron chi connectivity index (χ3n) is 2.01. The maximum atomic E-state index is 5.23. The molecule has 0 N–H and O–H groups in total. The van der Waals surface area contributed by atoms with Gasteiger partial charge in [0.1, 0.15) is 17.2 Å². The highest BCUT2D eigenvalue weighted by Gasteiger charge is 2.08. The van der Waals surface area contributed by atoms with Crippen LogP contribution in [0, 0.1) is 6.92 Å². The number of rotatable bonds is 2. The van der Waals surface area contributed by atoms with E-state index in [1.165, 1.54) is 0 Å². The summed E-state index contributed by atoms with van der Waals surface area (Å²) in [5.41, 5.74) is 1.76. The van der Waals surface area contributed by atoms with Crippen molar-refractivity contribution in [3.05, 3.63) is 36.1 Å². The van der Waals surface area contributed by atoms with Crippen LogP contribution >= 0.6 is 0 Å². The normalized spacial score (nSPS) is 10.1. The fourth-order valence-corrected chi connectivity index (χ4v) is 1.35. The molecule has 0 spiro atoms. The van der Waals surface area contributed by atoms with E-state index >= 15 is 0 Å². The van der Waals surface area contributed by atoms with E-state index < -0.39 is 0 Å². The summed E-state index contributed by atoms with van der Waals surface area (Å²) in [6, 6.07) is 9.62. The summed E-state index contributed by atoms with van der Waals surface area (Å²) >= 11 is 0. The van der Waals surface area contributed by atoms with Crippen LogP contribution in [0.2, 0.25) is 0 Å². The molecule has 2 rings (SSSR count). The molecule has 0 bridgehead atoms. The lowest BCUT2D eigenvalue weighted by Gasteiger charge is -2.03. The lowest BCUT2D eigenvalue weighted by atomic mass is 10.1. The Kier molecular flexibility index (Phi) is 2.23. The largest absolute Gasteiger partial charge is 0.496 e. The number of hydrogen-bond donors (Lipinski definition) is 0. The van der Waals surface area contributed by atoms with Crippen molar-refractivity contribution in [2.24, 2.45) is 0 Å². The molecule has 1 heterocycles. The van der Waals surface area contributed by atoms with Crippen molar-refractivity contribution in [3.63, 3.8) is 0 Å². The Balaban J connectivity index is 2.50. The number of para-hydroxylation sites is 1. The van der Waals surface area contributed by atoms with E-state index in [0.29, 0.717) is 0 Å². The molecule has 3 heteroatoms. The molecule has 1 aromatic heterocycles. The predicted octanol–water partition coefficient (Wildman–Crippen LogP) is 2.66. The van der Waals surface area contributed by atoms with Crippen molar-refractivity contribution in [1.29, 1.82) is 0 Å². The molecule has 0 aliphatic heterocycles. The first kappa shape index (κ1) is 8.81. The Morgan fingerprint density at radius 3 is 2.71 bits per heavy atom. The topological polar surface area (TPSA) is 35.3 Å². The fourth-order valence-electron chi connectivity index (χ4n) is 1.35. The van der Waals surface area contributed by atoms with Crippen LogP contribution in [0.1, 0.15) is 5.76 Å². The Morgan fingerprint density at radius 1 is 1.29 bits per heavy atom. The summed E-state index contributed by atoms with van der Waals surface area (Å²) in [7, 11) is 1.64. The second-order valence-corrected chi connectivity index (χ2v) is 3.02. The average molecular weight is 189 g/mol. The third kappa shape index (κ3) is 1.48. The molecule has 72 valence electrons. The Morgan fingerprint density at radius 2 is 2.07 bits per heavy atom. The van der Waals surface area contributed by atoms with Gasteiger partial charge in [-0.05, 0) is 19.1 Å². The van der Waals surface area contributed by atoms with Crippen molar-refractivity contribution in [2.75, 3.05) is 7.11 Å². The van der Waals surface area contributed by atoms with Gasteiger partial charge in [0, 0.05) is 11.6 Å². The van der Waals surface area contributed by atoms with Gasteiger partial charge in [-0.15, -0.1) is 0 Å². The highest BCUT2D eigenvalue weighted by molar-refractivity contribution is 5.66. The monoisotopic (exact) mass is 189 g/mol. The highest BCUT2D eigenvalue weighted by atomic mass is 16.5. The number of aryl methyl sites for hydroxylation is 1. The van der Waals surface area contributed by atoms with Crippen LogP contribution in [-0.4, -0.2) is 12.3 Å². The van der Waals surface area contributed by atoms with Crippen LogP contribution in [0.5, 0.6) is 5.75 Å². The maximum absolute atomic E-state index is 5.23. The van der Waals surface area contributed by atoms with Crippen LogP contribution in [0.3, 0.4) is 0 Å². The number of ether oxygens (including phenoxy) is 1. The fraction of sp³-hybridized carbons (Fsp3) is 0.182. The summed E-state index contributed by atoms with van der Waals surface area (Å²) < 4.78 is 10.2. The Labute approximate surface area is 82.3 Å². The van der Waals surface area contributed by atoms with Gasteiger partial charge in [-0.1, -0.05) is 17.3 Å². The standard InChI is InChI=1S/C11H11NO2/c1-8-7-10(12-14-8)9-5-3-4-6-11(9)13-2/h3-7H,1-2H3. The summed E-state index contributed by atoms with van der Waals surface area (Å²) in [6.45, 7) is 1.87. The van der Waals surface area contributed by atoms with E-state index in [2.05, 4.69) is 5.16 Å². The maximum Gasteiger partial charge on any atom is 0.134 e. The summed E-state index contributed by atoms with van der Waals surface area (Å²) in [5.74, 6) is 1.60. The average Bonchev–Trinajstić information content (AvgIpc) is 2.65. The summed E-state index contributed by atoms with van der Waals surface area (Å²) in [6.07, 6.45) is 0. The molecular formula is C11H11NO2. The van der Waals surface area contributed by atoms with E-state index in [9.17, 15) is 0 Å². The van der Waals surface area contributed by atoms with Crippen LogP contribution in [0.15, 0.2) is 34.9 Å². The van der Waals surface area contributed by atoms with Gasteiger partial charge >= 0.3 is 0 Å². The molecule has 3 nitrogen and oxygen atoms in total. The minimum Gasteiger partial charge on any atom is -0.496 e. The zero-order valence-corrected chi connectivity index (χ0v) is 8.15. The highest BCUT2D eigenvalue weighted by Crippen LogP contribution is 2.28. The van der Waals surface area contributed by atoms with Crippen molar-refractivity contribution in [3.8, 4) is 17.0 Å². The number of benzene rings is 1. The molecule has 0 atom stereocenters. The minimum atomic E-state index is 0.797. The third-order valence-corrected chi connectivity index (χ3v) is 2.01. The Bertz CT molecular complexity index is 434. The van der Waals surface area contributed by atoms with Crippen LogP contribution in [0.25, 0.3) is 11.3 Å². The predicted molar refractivity (Wildman–Crippen MR) is 53.2 cm³/mol. The van der Waals surface area contributed by atoms with Crippen LogP contribution in [0.4, 0.5) is 0 Å². The molecule has 0 fully saturated rings. The second-order valence-electron chi connectivity index (χ2n) is 3.02. The van der Waals surface area contributed by atoms with Crippen molar-refractivity contribution in [1.82, 2.24) is 5.16 Å². The van der Waals surface area contributed by atoms with E-state index in [1.807, 2.05) is 37.3 Å². The molecule has 1 aromatic carbocycles. The summed E-state index contributed by atoms with van der Waals surface area (Å²) in [4.78, 5) is 0. The number of nitrogens with zero attached hydrogens (tertiary/aromatic N) is 1. The first-order valence-electron chi connectivity index (χ1n) is 4.38.